The summed E-state index contributed by atoms with van der Waals surface area (Å²) in [6.07, 6.45) is 1.52. The van der Waals surface area contributed by atoms with E-state index in [1.807, 2.05) is 66.7 Å². The molecule has 4 rings (SSSR count). The van der Waals surface area contributed by atoms with Gasteiger partial charge in [0.25, 0.3) is 0 Å². The zero-order valence-corrected chi connectivity index (χ0v) is 22.1. The number of phenolic OH excluding ortho intramolecular Hbond substituents is 1. The predicted molar refractivity (Wildman–Crippen MR) is 151 cm³/mol. The normalized spacial score (nSPS) is 10.8. The molecule has 0 saturated heterocycles. The maximum Gasteiger partial charge on any atom is 0.250 e. The summed E-state index contributed by atoms with van der Waals surface area (Å²) in [5.74, 6) is 1.79. The summed E-state index contributed by atoms with van der Waals surface area (Å²) in [6.45, 7) is 0. The Morgan fingerprint density at radius 3 is 2.12 bits per heavy atom. The van der Waals surface area contributed by atoms with Crippen molar-refractivity contribution in [3.8, 4) is 11.5 Å². The van der Waals surface area contributed by atoms with Gasteiger partial charge < -0.3 is 20.5 Å². The number of methoxy groups -OCH3 is 1. The highest BCUT2D eigenvalue weighted by Crippen LogP contribution is 2.26. The van der Waals surface area contributed by atoms with Crippen LogP contribution in [0, 0.1) is 7.14 Å². The lowest BCUT2D eigenvalue weighted by Crippen LogP contribution is -2.07. The van der Waals surface area contributed by atoms with E-state index in [9.17, 15) is 5.11 Å². The van der Waals surface area contributed by atoms with Crippen molar-refractivity contribution in [3.63, 3.8) is 0 Å². The monoisotopic (exact) mass is 679 g/mol. The van der Waals surface area contributed by atoms with Crippen LogP contribution >= 0.6 is 45.2 Å². The van der Waals surface area contributed by atoms with E-state index in [4.69, 9.17) is 4.74 Å². The molecule has 34 heavy (non-hydrogen) atoms. The second-order valence-corrected chi connectivity index (χ2v) is 9.25. The average Bonchev–Trinajstić information content (AvgIpc) is 2.83. The first-order valence-electron chi connectivity index (χ1n) is 9.96. The second-order valence-electron chi connectivity index (χ2n) is 6.85. The standard InChI is InChI=1S/C23H19I2N7O2/c1-34-18-9-7-17(8-10-18)28-22-29-21(27-16-5-3-2-4-6-16)30-23(31-22)32-26-13-14-11-15(24)12-19(25)20(14)33/h2-13,33H,1H3,(H3,27,28,29,30,31,32)/b26-13-. The van der Waals surface area contributed by atoms with Crippen LogP contribution in [0.3, 0.4) is 0 Å². The Bertz CT molecular complexity index is 1300. The number of phenols is 1. The van der Waals surface area contributed by atoms with Crippen LogP contribution in [0.15, 0.2) is 71.8 Å². The van der Waals surface area contributed by atoms with Gasteiger partial charge in [0.15, 0.2) is 0 Å². The number of halogens is 2. The van der Waals surface area contributed by atoms with Crippen molar-refractivity contribution >= 4 is 80.6 Å². The molecule has 0 amide bonds. The molecule has 4 N–H and O–H groups in total. The molecule has 3 aromatic carbocycles. The highest BCUT2D eigenvalue weighted by molar-refractivity contribution is 14.1. The Kier molecular flexibility index (Phi) is 7.95. The van der Waals surface area contributed by atoms with Gasteiger partial charge >= 0.3 is 0 Å². The molecule has 1 heterocycles. The Morgan fingerprint density at radius 1 is 0.853 bits per heavy atom. The minimum Gasteiger partial charge on any atom is -0.506 e. The van der Waals surface area contributed by atoms with E-state index in [0.717, 1.165) is 24.3 Å². The molecular weight excluding hydrogens is 660 g/mol. The largest absolute Gasteiger partial charge is 0.506 e. The molecule has 0 atom stereocenters. The highest BCUT2D eigenvalue weighted by Gasteiger charge is 2.09. The average molecular weight is 679 g/mol. The molecule has 9 nitrogen and oxygen atoms in total. The molecule has 0 radical (unpaired) electrons. The van der Waals surface area contributed by atoms with E-state index in [0.29, 0.717) is 17.5 Å². The molecule has 0 aliphatic heterocycles. The SMILES string of the molecule is COc1ccc(Nc2nc(N/N=C\c3cc(I)cc(I)c3O)nc(Nc3ccccc3)n2)cc1. The van der Waals surface area contributed by atoms with Gasteiger partial charge in [0.2, 0.25) is 17.8 Å². The number of hydrogen-bond donors (Lipinski definition) is 4. The van der Waals surface area contributed by atoms with E-state index >= 15 is 0 Å². The third kappa shape index (κ3) is 6.44. The molecule has 1 aromatic heterocycles. The second kappa shape index (κ2) is 11.3. The fraction of sp³-hybridized carbons (Fsp3) is 0.0435. The number of nitrogens with zero attached hydrogens (tertiary/aromatic N) is 4. The number of aromatic hydroxyl groups is 1. The maximum atomic E-state index is 10.3. The smallest absolute Gasteiger partial charge is 0.250 e. The van der Waals surface area contributed by atoms with Crippen LogP contribution in [-0.4, -0.2) is 33.4 Å². The Labute approximate surface area is 223 Å². The summed E-state index contributed by atoms with van der Waals surface area (Å²) in [4.78, 5) is 13.3. The third-order valence-electron chi connectivity index (χ3n) is 4.44. The molecular formula is C23H19I2N7O2. The van der Waals surface area contributed by atoms with Gasteiger partial charge in [0.1, 0.15) is 11.5 Å². The summed E-state index contributed by atoms with van der Waals surface area (Å²) in [5.41, 5.74) is 5.02. The molecule has 4 aromatic rings. The Balaban J connectivity index is 1.59. The van der Waals surface area contributed by atoms with Gasteiger partial charge in [-0.1, -0.05) is 18.2 Å². The summed E-state index contributed by atoms with van der Waals surface area (Å²) < 4.78 is 6.93. The van der Waals surface area contributed by atoms with Gasteiger partial charge in [-0.2, -0.15) is 20.1 Å². The maximum absolute atomic E-state index is 10.3. The van der Waals surface area contributed by atoms with Crippen molar-refractivity contribution in [1.82, 2.24) is 15.0 Å². The number of aromatic nitrogens is 3. The van der Waals surface area contributed by atoms with Crippen molar-refractivity contribution in [1.29, 1.82) is 0 Å². The van der Waals surface area contributed by atoms with Gasteiger partial charge in [-0.3, -0.25) is 0 Å². The first-order chi connectivity index (χ1) is 16.5. The zero-order valence-electron chi connectivity index (χ0n) is 17.8. The number of benzene rings is 3. The number of para-hydroxylation sites is 1. The molecule has 0 spiro atoms. The lowest BCUT2D eigenvalue weighted by molar-refractivity contribution is 0.415. The van der Waals surface area contributed by atoms with Crippen LogP contribution in [-0.2, 0) is 0 Å². The molecule has 0 unspecified atom stereocenters. The summed E-state index contributed by atoms with van der Waals surface area (Å²) in [6, 6.07) is 20.7. The van der Waals surface area contributed by atoms with Crippen molar-refractivity contribution in [3.05, 3.63) is 79.4 Å². The van der Waals surface area contributed by atoms with Crippen LogP contribution in [0.2, 0.25) is 0 Å². The van der Waals surface area contributed by atoms with E-state index in [2.05, 4.69) is 81.3 Å². The minimum absolute atomic E-state index is 0.163. The lowest BCUT2D eigenvalue weighted by atomic mass is 10.2. The number of nitrogens with one attached hydrogen (secondary N) is 3. The summed E-state index contributed by atoms with van der Waals surface area (Å²) in [5, 5.41) is 20.8. The number of hydrazone groups is 1. The van der Waals surface area contributed by atoms with E-state index < -0.39 is 0 Å². The molecule has 11 heteroatoms. The third-order valence-corrected chi connectivity index (χ3v) is 5.88. The molecule has 0 saturated carbocycles. The van der Waals surface area contributed by atoms with Crippen molar-refractivity contribution in [2.24, 2.45) is 5.10 Å². The zero-order chi connectivity index (χ0) is 23.9. The number of ether oxygens (including phenoxy) is 1. The minimum atomic E-state index is 0.163. The Morgan fingerprint density at radius 2 is 1.47 bits per heavy atom. The molecule has 0 aliphatic carbocycles. The molecule has 0 aliphatic rings. The van der Waals surface area contributed by atoms with Crippen molar-refractivity contribution in [2.75, 3.05) is 23.2 Å². The number of rotatable bonds is 8. The predicted octanol–water partition coefficient (Wildman–Crippen LogP) is 5.73. The highest BCUT2D eigenvalue weighted by atomic mass is 127. The van der Waals surface area contributed by atoms with Crippen LogP contribution < -0.4 is 20.8 Å². The van der Waals surface area contributed by atoms with Gasteiger partial charge in [-0.25, -0.2) is 5.43 Å². The van der Waals surface area contributed by atoms with Gasteiger partial charge in [-0.15, -0.1) is 0 Å². The van der Waals surface area contributed by atoms with Crippen molar-refractivity contribution < 1.29 is 9.84 Å². The molecule has 0 fully saturated rings. The number of anilines is 5. The first kappa shape index (κ1) is 23.9. The first-order valence-corrected chi connectivity index (χ1v) is 12.1. The lowest BCUT2D eigenvalue weighted by Gasteiger charge is -2.10. The molecule has 172 valence electrons. The quantitative estimate of drug-likeness (QED) is 0.106. The van der Waals surface area contributed by atoms with Gasteiger partial charge in [0, 0.05) is 20.5 Å². The summed E-state index contributed by atoms with van der Waals surface area (Å²) in [7, 11) is 1.62. The van der Waals surface area contributed by atoms with Crippen LogP contribution in [0.1, 0.15) is 5.56 Å². The van der Waals surface area contributed by atoms with E-state index in [-0.39, 0.29) is 11.7 Å². The van der Waals surface area contributed by atoms with Crippen LogP contribution in [0.4, 0.5) is 29.2 Å². The van der Waals surface area contributed by atoms with Gasteiger partial charge in [0.05, 0.1) is 16.9 Å². The van der Waals surface area contributed by atoms with E-state index in [1.165, 1.54) is 6.21 Å². The van der Waals surface area contributed by atoms with Crippen LogP contribution in [0.25, 0.3) is 0 Å². The summed E-state index contributed by atoms with van der Waals surface area (Å²) >= 11 is 4.27. The molecule has 0 bridgehead atoms. The van der Waals surface area contributed by atoms with Gasteiger partial charge in [-0.05, 0) is 93.7 Å². The topological polar surface area (TPSA) is 117 Å². The fourth-order valence-corrected chi connectivity index (χ4v) is 4.73. The van der Waals surface area contributed by atoms with Crippen LogP contribution in [0.5, 0.6) is 11.5 Å². The van der Waals surface area contributed by atoms with Crippen molar-refractivity contribution in [2.45, 2.75) is 0 Å². The number of hydrogen-bond acceptors (Lipinski definition) is 9. The van der Waals surface area contributed by atoms with E-state index in [1.54, 1.807) is 7.11 Å². The fourth-order valence-electron chi connectivity index (χ4n) is 2.84. The Hall–Kier alpha value is -3.20.